The van der Waals surface area contributed by atoms with Crippen LogP contribution in [0.1, 0.15) is 41.6 Å². The maximum absolute atomic E-state index is 14.7. The van der Waals surface area contributed by atoms with E-state index in [1.165, 1.54) is 31.7 Å². The Kier molecular flexibility index (Phi) is 8.80. The fourth-order valence-corrected chi connectivity index (χ4v) is 4.97. The normalized spacial score (nSPS) is 14.1. The second-order valence-electron chi connectivity index (χ2n) is 9.33. The molecule has 1 aliphatic rings. The predicted octanol–water partition coefficient (Wildman–Crippen LogP) is 7.26. The van der Waals surface area contributed by atoms with Gasteiger partial charge in [0.15, 0.2) is 5.78 Å². The van der Waals surface area contributed by atoms with E-state index in [1.807, 2.05) is 12.1 Å². The fourth-order valence-electron chi connectivity index (χ4n) is 4.97. The first-order valence-electron chi connectivity index (χ1n) is 12.6. The summed E-state index contributed by atoms with van der Waals surface area (Å²) in [6, 6.07) is 22.0. The fraction of sp³-hybridized carbons (Fsp3) is 0.258. The van der Waals surface area contributed by atoms with Crippen LogP contribution in [-0.2, 0) is 0 Å². The largest absolute Gasteiger partial charge is 0.508 e. The van der Waals surface area contributed by atoms with Crippen LogP contribution in [-0.4, -0.2) is 42.0 Å². The lowest BCUT2D eigenvalue weighted by Crippen LogP contribution is -2.29. The third-order valence-corrected chi connectivity index (χ3v) is 6.89. The lowest BCUT2D eigenvalue weighted by atomic mass is 9.89. The molecule has 4 aromatic rings. The Morgan fingerprint density at radius 1 is 0.865 bits per heavy atom. The van der Waals surface area contributed by atoms with Crippen molar-refractivity contribution in [2.45, 2.75) is 25.7 Å². The molecular formula is C31H31ClFNO3. The van der Waals surface area contributed by atoms with Crippen molar-refractivity contribution in [1.82, 2.24) is 4.90 Å². The van der Waals surface area contributed by atoms with Crippen LogP contribution >= 0.6 is 12.4 Å². The van der Waals surface area contributed by atoms with E-state index < -0.39 is 5.82 Å². The number of carbonyl (C=O) groups is 1. The van der Waals surface area contributed by atoms with E-state index in [1.54, 1.807) is 60.7 Å². The molecule has 192 valence electrons. The molecule has 0 radical (unpaired) electrons. The van der Waals surface area contributed by atoms with Gasteiger partial charge in [-0.1, -0.05) is 43.2 Å². The zero-order valence-corrected chi connectivity index (χ0v) is 21.5. The third kappa shape index (κ3) is 6.12. The Balaban J connectivity index is 0.00000320. The molecule has 5 rings (SSSR count). The number of nitrogens with zero attached hydrogens (tertiary/aromatic N) is 1. The van der Waals surface area contributed by atoms with Crippen LogP contribution in [0.25, 0.3) is 21.9 Å². The van der Waals surface area contributed by atoms with Crippen molar-refractivity contribution in [3.8, 4) is 22.6 Å². The Hall–Kier alpha value is -3.41. The van der Waals surface area contributed by atoms with Gasteiger partial charge in [0.05, 0.1) is 0 Å². The number of hydrogen-bond acceptors (Lipinski definition) is 4. The number of aromatic hydroxyl groups is 1. The smallest absolute Gasteiger partial charge is 0.194 e. The number of halogens is 2. The maximum Gasteiger partial charge on any atom is 0.194 e. The molecule has 37 heavy (non-hydrogen) atoms. The van der Waals surface area contributed by atoms with E-state index in [0.29, 0.717) is 39.6 Å². The Bertz CT molecular complexity index is 1370. The monoisotopic (exact) mass is 519 g/mol. The lowest BCUT2D eigenvalue weighted by molar-refractivity contribution is 0.104. The first kappa shape index (κ1) is 26.6. The molecule has 1 saturated heterocycles. The third-order valence-electron chi connectivity index (χ3n) is 6.89. The predicted molar refractivity (Wildman–Crippen MR) is 149 cm³/mol. The van der Waals surface area contributed by atoms with Crippen molar-refractivity contribution < 1.29 is 19.0 Å². The van der Waals surface area contributed by atoms with Gasteiger partial charge in [0.2, 0.25) is 0 Å². The molecule has 0 aliphatic carbocycles. The molecule has 1 heterocycles. The van der Waals surface area contributed by atoms with E-state index in [0.717, 1.165) is 25.4 Å². The van der Waals surface area contributed by atoms with Gasteiger partial charge in [0.25, 0.3) is 0 Å². The molecule has 0 bridgehead atoms. The lowest BCUT2D eigenvalue weighted by Gasteiger charge is -2.19. The highest BCUT2D eigenvalue weighted by Crippen LogP contribution is 2.35. The number of rotatable bonds is 7. The van der Waals surface area contributed by atoms with Gasteiger partial charge < -0.3 is 9.84 Å². The number of ketones is 1. The molecule has 0 saturated carbocycles. The molecule has 4 aromatic carbocycles. The number of ether oxygens (including phenoxy) is 1. The van der Waals surface area contributed by atoms with Crippen LogP contribution in [0.5, 0.6) is 11.5 Å². The molecule has 0 atom stereocenters. The second kappa shape index (κ2) is 12.2. The Morgan fingerprint density at radius 3 is 2.32 bits per heavy atom. The van der Waals surface area contributed by atoms with E-state index in [4.69, 9.17) is 4.74 Å². The minimum Gasteiger partial charge on any atom is -0.508 e. The standard InChI is InChI=1S/C31H30FNO3.ClH/c32-29-8-4-3-7-27(29)28-15-11-23-21-24(34)12-16-26(23)30(28)31(35)22-9-13-25(14-10-22)36-20-19-33-17-5-1-2-6-18-33;/h3-4,7-16,21,34H,1-2,5-6,17-20H2;1H. The molecule has 1 N–H and O–H groups in total. The number of likely N-dealkylation sites (tertiary alicyclic amines) is 1. The molecule has 0 aromatic heterocycles. The van der Waals surface area contributed by atoms with Gasteiger partial charge in [-0.05, 0) is 90.8 Å². The van der Waals surface area contributed by atoms with E-state index >= 15 is 0 Å². The van der Waals surface area contributed by atoms with Crippen LogP contribution in [0.2, 0.25) is 0 Å². The second-order valence-corrected chi connectivity index (χ2v) is 9.33. The first-order valence-corrected chi connectivity index (χ1v) is 12.6. The summed E-state index contributed by atoms with van der Waals surface area (Å²) < 4.78 is 20.7. The molecular weight excluding hydrogens is 489 g/mol. The zero-order valence-electron chi connectivity index (χ0n) is 20.7. The number of phenols is 1. The quantitative estimate of drug-likeness (QED) is 0.261. The number of phenolic OH excluding ortho intramolecular Hbond substituents is 1. The van der Waals surface area contributed by atoms with E-state index in [9.17, 15) is 14.3 Å². The van der Waals surface area contributed by atoms with Gasteiger partial charge in [-0.2, -0.15) is 0 Å². The van der Waals surface area contributed by atoms with Crippen LogP contribution in [0.4, 0.5) is 4.39 Å². The average Bonchev–Trinajstić information content (AvgIpc) is 3.17. The molecule has 4 nitrogen and oxygen atoms in total. The Morgan fingerprint density at radius 2 is 1.59 bits per heavy atom. The van der Waals surface area contributed by atoms with Crippen LogP contribution in [0, 0.1) is 5.82 Å². The SMILES string of the molecule is Cl.O=C(c1ccc(OCCN2CCCCCC2)cc1)c1c(-c2ccccc2F)ccc2cc(O)ccc12. The summed E-state index contributed by atoms with van der Waals surface area (Å²) in [5.74, 6) is 0.234. The topological polar surface area (TPSA) is 49.8 Å². The molecule has 0 amide bonds. The van der Waals surface area contributed by atoms with Crippen molar-refractivity contribution in [3.05, 3.63) is 95.8 Å². The summed E-state index contributed by atoms with van der Waals surface area (Å²) in [6.07, 6.45) is 5.12. The summed E-state index contributed by atoms with van der Waals surface area (Å²) in [5, 5.41) is 11.3. The summed E-state index contributed by atoms with van der Waals surface area (Å²) in [7, 11) is 0. The van der Waals surface area contributed by atoms with Crippen LogP contribution in [0.15, 0.2) is 78.9 Å². The number of carbonyl (C=O) groups excluding carboxylic acids is 1. The van der Waals surface area contributed by atoms with Crippen LogP contribution < -0.4 is 4.74 Å². The van der Waals surface area contributed by atoms with E-state index in [2.05, 4.69) is 4.90 Å². The summed E-state index contributed by atoms with van der Waals surface area (Å²) in [6.45, 7) is 3.76. The first-order chi connectivity index (χ1) is 17.6. The highest BCUT2D eigenvalue weighted by molar-refractivity contribution is 6.20. The van der Waals surface area contributed by atoms with Gasteiger partial charge >= 0.3 is 0 Å². The summed E-state index contributed by atoms with van der Waals surface area (Å²) in [4.78, 5) is 16.2. The van der Waals surface area contributed by atoms with Gasteiger partial charge in [0, 0.05) is 23.2 Å². The molecule has 1 aliphatic heterocycles. The van der Waals surface area contributed by atoms with Crippen LogP contribution in [0.3, 0.4) is 0 Å². The Labute approximate surface area is 223 Å². The van der Waals surface area contributed by atoms with E-state index in [-0.39, 0.29) is 23.9 Å². The minimum atomic E-state index is -0.391. The number of benzene rings is 4. The highest BCUT2D eigenvalue weighted by Gasteiger charge is 2.20. The molecule has 0 unspecified atom stereocenters. The van der Waals surface area contributed by atoms with Gasteiger partial charge in [-0.15, -0.1) is 12.4 Å². The van der Waals surface area contributed by atoms with Gasteiger partial charge in [-0.3, -0.25) is 9.69 Å². The number of hydrogen-bond donors (Lipinski definition) is 1. The molecule has 6 heteroatoms. The number of fused-ring (bicyclic) bond motifs is 1. The van der Waals surface area contributed by atoms with Gasteiger partial charge in [0.1, 0.15) is 23.9 Å². The molecule has 0 spiro atoms. The van der Waals surface area contributed by atoms with Crippen molar-refractivity contribution in [2.75, 3.05) is 26.2 Å². The highest BCUT2D eigenvalue weighted by atomic mass is 35.5. The van der Waals surface area contributed by atoms with Crippen molar-refractivity contribution in [3.63, 3.8) is 0 Å². The van der Waals surface area contributed by atoms with Crippen molar-refractivity contribution in [2.24, 2.45) is 0 Å². The zero-order chi connectivity index (χ0) is 24.9. The van der Waals surface area contributed by atoms with Crippen molar-refractivity contribution >= 4 is 29.0 Å². The average molecular weight is 520 g/mol. The summed E-state index contributed by atoms with van der Waals surface area (Å²) >= 11 is 0. The van der Waals surface area contributed by atoms with Gasteiger partial charge in [-0.25, -0.2) is 4.39 Å². The molecule has 1 fully saturated rings. The summed E-state index contributed by atoms with van der Waals surface area (Å²) in [5.41, 5.74) is 1.79. The van der Waals surface area contributed by atoms with Crippen molar-refractivity contribution in [1.29, 1.82) is 0 Å². The maximum atomic E-state index is 14.7. The minimum absolute atomic E-state index is 0.